The summed E-state index contributed by atoms with van der Waals surface area (Å²) in [5.41, 5.74) is 3.67. The lowest BCUT2D eigenvalue weighted by Gasteiger charge is -2.02. The molecule has 0 N–H and O–H groups in total. The van der Waals surface area contributed by atoms with E-state index in [1.807, 2.05) is 37.3 Å². The van der Waals surface area contributed by atoms with Crippen molar-refractivity contribution in [1.82, 2.24) is 4.98 Å². The van der Waals surface area contributed by atoms with Crippen LogP contribution in [0.25, 0.3) is 11.3 Å². The van der Waals surface area contributed by atoms with E-state index in [1.54, 1.807) is 5.51 Å². The summed E-state index contributed by atoms with van der Waals surface area (Å²) in [6, 6.07) is 9.86. The molecule has 1 aromatic heterocycles. The number of ether oxygens (including phenoxy) is 1. The van der Waals surface area contributed by atoms with Crippen molar-refractivity contribution in [2.24, 2.45) is 0 Å². The van der Waals surface area contributed by atoms with Gasteiger partial charge in [0.05, 0.1) is 24.2 Å². The second-order valence-corrected chi connectivity index (χ2v) is 4.41. The lowest BCUT2D eigenvalue weighted by molar-refractivity contribution is -0.142. The fourth-order valence-corrected chi connectivity index (χ4v) is 2.34. The zero-order valence-electron chi connectivity index (χ0n) is 9.55. The monoisotopic (exact) mass is 247 g/mol. The van der Waals surface area contributed by atoms with Gasteiger partial charge in [0.15, 0.2) is 0 Å². The first-order chi connectivity index (χ1) is 8.31. The fourth-order valence-electron chi connectivity index (χ4n) is 1.57. The Morgan fingerprint density at radius 1 is 1.35 bits per heavy atom. The molecule has 1 aromatic carbocycles. The minimum atomic E-state index is -0.200. The van der Waals surface area contributed by atoms with E-state index in [1.165, 1.54) is 11.3 Å². The van der Waals surface area contributed by atoms with Crippen molar-refractivity contribution < 1.29 is 9.53 Å². The van der Waals surface area contributed by atoms with Gasteiger partial charge in [-0.2, -0.15) is 0 Å². The van der Waals surface area contributed by atoms with Crippen LogP contribution >= 0.6 is 11.3 Å². The number of nitrogens with zero attached hydrogens (tertiary/aromatic N) is 1. The number of hydrogen-bond acceptors (Lipinski definition) is 4. The average molecular weight is 247 g/mol. The number of esters is 1. The Balaban J connectivity index is 2.20. The van der Waals surface area contributed by atoms with Crippen LogP contribution in [0.1, 0.15) is 11.8 Å². The van der Waals surface area contributed by atoms with E-state index < -0.39 is 0 Å². The summed E-state index contributed by atoms with van der Waals surface area (Å²) in [6.07, 6.45) is 0.294. The molecule has 0 unspecified atom stereocenters. The predicted molar refractivity (Wildman–Crippen MR) is 67.9 cm³/mol. The van der Waals surface area contributed by atoms with E-state index in [4.69, 9.17) is 4.74 Å². The lowest BCUT2D eigenvalue weighted by atomic mass is 10.1. The van der Waals surface area contributed by atoms with E-state index in [0.717, 1.165) is 16.1 Å². The van der Waals surface area contributed by atoms with Gasteiger partial charge >= 0.3 is 5.97 Å². The molecule has 4 heteroatoms. The molecule has 0 aliphatic heterocycles. The van der Waals surface area contributed by atoms with Gasteiger partial charge in [0.1, 0.15) is 0 Å². The highest BCUT2D eigenvalue weighted by Gasteiger charge is 2.12. The minimum Gasteiger partial charge on any atom is -0.466 e. The molecule has 0 radical (unpaired) electrons. The van der Waals surface area contributed by atoms with E-state index in [2.05, 4.69) is 4.98 Å². The maximum atomic E-state index is 11.5. The molecule has 0 bridgehead atoms. The third kappa shape index (κ3) is 2.91. The lowest BCUT2D eigenvalue weighted by Crippen LogP contribution is -2.07. The Bertz CT molecular complexity index is 493. The van der Waals surface area contributed by atoms with Crippen LogP contribution in [0.5, 0.6) is 0 Å². The van der Waals surface area contributed by atoms with Crippen molar-refractivity contribution in [3.8, 4) is 11.3 Å². The summed E-state index contributed by atoms with van der Waals surface area (Å²) in [6.45, 7) is 2.22. The highest BCUT2D eigenvalue weighted by molar-refractivity contribution is 7.10. The van der Waals surface area contributed by atoms with Crippen LogP contribution in [0.4, 0.5) is 0 Å². The third-order valence-electron chi connectivity index (χ3n) is 2.30. The Labute approximate surface area is 104 Å². The zero-order chi connectivity index (χ0) is 12.1. The normalized spacial score (nSPS) is 10.2. The van der Waals surface area contributed by atoms with Crippen LogP contribution in [0, 0.1) is 0 Å². The number of aromatic nitrogens is 1. The summed E-state index contributed by atoms with van der Waals surface area (Å²) in [5, 5.41) is 0. The van der Waals surface area contributed by atoms with Gasteiger partial charge in [-0.1, -0.05) is 30.3 Å². The van der Waals surface area contributed by atoms with Gasteiger partial charge in [-0.05, 0) is 6.92 Å². The van der Waals surface area contributed by atoms with Crippen molar-refractivity contribution in [2.45, 2.75) is 13.3 Å². The Morgan fingerprint density at radius 3 is 2.82 bits per heavy atom. The molecule has 0 aliphatic rings. The minimum absolute atomic E-state index is 0.200. The van der Waals surface area contributed by atoms with Gasteiger partial charge in [-0.25, -0.2) is 4.98 Å². The maximum absolute atomic E-state index is 11.5. The van der Waals surface area contributed by atoms with Crippen LogP contribution in [-0.4, -0.2) is 17.6 Å². The van der Waals surface area contributed by atoms with Gasteiger partial charge in [0.25, 0.3) is 0 Å². The number of rotatable bonds is 4. The van der Waals surface area contributed by atoms with Crippen LogP contribution in [-0.2, 0) is 16.0 Å². The highest BCUT2D eigenvalue weighted by atomic mass is 32.1. The molecule has 0 atom stereocenters. The van der Waals surface area contributed by atoms with Crippen molar-refractivity contribution >= 4 is 17.3 Å². The van der Waals surface area contributed by atoms with Gasteiger partial charge in [0.2, 0.25) is 0 Å². The Kier molecular flexibility index (Phi) is 3.88. The quantitative estimate of drug-likeness (QED) is 0.780. The van der Waals surface area contributed by atoms with Crippen LogP contribution in [0.3, 0.4) is 0 Å². The first-order valence-electron chi connectivity index (χ1n) is 5.44. The zero-order valence-corrected chi connectivity index (χ0v) is 10.4. The van der Waals surface area contributed by atoms with Gasteiger partial charge in [0, 0.05) is 10.4 Å². The predicted octanol–water partition coefficient (Wildman–Crippen LogP) is 2.92. The average Bonchev–Trinajstić information content (AvgIpc) is 2.78. The first-order valence-corrected chi connectivity index (χ1v) is 6.32. The second-order valence-electron chi connectivity index (χ2n) is 3.47. The molecule has 0 aliphatic carbocycles. The molecule has 1 heterocycles. The van der Waals surface area contributed by atoms with Crippen molar-refractivity contribution in [2.75, 3.05) is 6.61 Å². The third-order valence-corrected chi connectivity index (χ3v) is 3.13. The molecule has 0 amide bonds. The number of thiazole rings is 1. The topological polar surface area (TPSA) is 39.2 Å². The Morgan fingerprint density at radius 2 is 2.12 bits per heavy atom. The summed E-state index contributed by atoms with van der Waals surface area (Å²) in [5.74, 6) is -0.200. The molecular weight excluding hydrogens is 234 g/mol. The fraction of sp³-hybridized carbons (Fsp3) is 0.231. The summed E-state index contributed by atoms with van der Waals surface area (Å²) < 4.78 is 4.95. The molecule has 0 saturated carbocycles. The van der Waals surface area contributed by atoms with Crippen molar-refractivity contribution in [3.63, 3.8) is 0 Å². The van der Waals surface area contributed by atoms with Crippen LogP contribution in [0.15, 0.2) is 35.8 Å². The Hall–Kier alpha value is -1.68. The number of hydrogen-bond donors (Lipinski definition) is 0. The molecule has 3 nitrogen and oxygen atoms in total. The second kappa shape index (κ2) is 5.59. The maximum Gasteiger partial charge on any atom is 0.311 e. The van der Waals surface area contributed by atoms with Crippen molar-refractivity contribution in [1.29, 1.82) is 0 Å². The van der Waals surface area contributed by atoms with Gasteiger partial charge < -0.3 is 4.74 Å². The molecule has 0 spiro atoms. The smallest absolute Gasteiger partial charge is 0.311 e. The number of carbonyl (C=O) groups excluding carboxylic acids is 1. The summed E-state index contributed by atoms with van der Waals surface area (Å²) in [7, 11) is 0. The molecule has 17 heavy (non-hydrogen) atoms. The SMILES string of the molecule is CCOC(=O)Cc1scnc1-c1ccccc1. The first kappa shape index (κ1) is 11.8. The van der Waals surface area contributed by atoms with Crippen LogP contribution in [0.2, 0.25) is 0 Å². The molecule has 2 rings (SSSR count). The largest absolute Gasteiger partial charge is 0.466 e. The molecule has 2 aromatic rings. The molecular formula is C13H13NO2S. The van der Waals surface area contributed by atoms with Crippen LogP contribution < -0.4 is 0 Å². The summed E-state index contributed by atoms with van der Waals surface area (Å²) >= 11 is 1.49. The van der Waals surface area contributed by atoms with E-state index in [9.17, 15) is 4.79 Å². The van der Waals surface area contributed by atoms with E-state index in [-0.39, 0.29) is 5.97 Å². The number of benzene rings is 1. The van der Waals surface area contributed by atoms with Crippen molar-refractivity contribution in [3.05, 3.63) is 40.7 Å². The highest BCUT2D eigenvalue weighted by Crippen LogP contribution is 2.25. The number of carbonyl (C=O) groups is 1. The molecule has 0 saturated heterocycles. The standard InChI is InChI=1S/C13H13NO2S/c1-2-16-12(15)8-11-13(14-9-17-11)10-6-4-3-5-7-10/h3-7,9H,2,8H2,1H3. The molecule has 88 valence electrons. The van der Waals surface area contributed by atoms with Gasteiger partial charge in [-0.15, -0.1) is 11.3 Å². The molecule has 0 fully saturated rings. The summed E-state index contributed by atoms with van der Waals surface area (Å²) in [4.78, 5) is 16.7. The van der Waals surface area contributed by atoms with E-state index >= 15 is 0 Å². The van der Waals surface area contributed by atoms with E-state index in [0.29, 0.717) is 13.0 Å². The van der Waals surface area contributed by atoms with Gasteiger partial charge in [-0.3, -0.25) is 4.79 Å².